The van der Waals surface area contributed by atoms with E-state index in [1.54, 1.807) is 0 Å². The molecule has 0 aromatic rings. The van der Waals surface area contributed by atoms with E-state index in [1.807, 2.05) is 6.92 Å². The number of aliphatic hydroxyl groups excluding tert-OH is 1. The van der Waals surface area contributed by atoms with Crippen molar-refractivity contribution in [3.05, 3.63) is 0 Å². The molecular weight excluding hydrogens is 188 g/mol. The van der Waals surface area contributed by atoms with Crippen LogP contribution >= 0.6 is 0 Å². The molecule has 0 aromatic carbocycles. The Balaban J connectivity index is 2.18. The van der Waals surface area contributed by atoms with E-state index in [0.29, 0.717) is 12.5 Å². The average molecular weight is 210 g/mol. The van der Waals surface area contributed by atoms with Crippen LogP contribution in [-0.4, -0.2) is 35.2 Å². The predicted molar refractivity (Wildman–Crippen MR) is 60.4 cm³/mol. The Labute approximate surface area is 92.7 Å². The van der Waals surface area contributed by atoms with Gasteiger partial charge in [0.1, 0.15) is 0 Å². The molecule has 1 rings (SSSR count). The molecule has 1 aliphatic rings. The molecule has 0 spiro atoms. The van der Waals surface area contributed by atoms with Crippen molar-refractivity contribution in [3.8, 4) is 6.07 Å². The zero-order valence-corrected chi connectivity index (χ0v) is 9.65. The summed E-state index contributed by atoms with van der Waals surface area (Å²) in [5.41, 5.74) is 0. The van der Waals surface area contributed by atoms with Crippen LogP contribution in [0.1, 0.15) is 45.4 Å². The van der Waals surface area contributed by atoms with Crippen LogP contribution in [-0.2, 0) is 0 Å². The van der Waals surface area contributed by atoms with Crippen LogP contribution in [0.25, 0.3) is 0 Å². The van der Waals surface area contributed by atoms with Crippen LogP contribution in [0, 0.1) is 11.3 Å². The van der Waals surface area contributed by atoms with Gasteiger partial charge in [-0.15, -0.1) is 0 Å². The van der Waals surface area contributed by atoms with Gasteiger partial charge in [-0.1, -0.05) is 0 Å². The number of rotatable bonds is 6. The molecule has 2 unspecified atom stereocenters. The van der Waals surface area contributed by atoms with Gasteiger partial charge in [0, 0.05) is 12.5 Å². The molecule has 0 bridgehead atoms. The Morgan fingerprint density at radius 3 is 3.00 bits per heavy atom. The molecule has 0 aliphatic carbocycles. The standard InChI is InChI=1S/C12H22N2O/c1-11(15)10-12-6-5-9-14(12)8-4-2-3-7-13/h11-12,15H,2-6,8-10H2,1H3. The molecule has 1 heterocycles. The monoisotopic (exact) mass is 210 g/mol. The smallest absolute Gasteiger partial charge is 0.0621 e. The first-order valence-corrected chi connectivity index (χ1v) is 6.03. The summed E-state index contributed by atoms with van der Waals surface area (Å²) >= 11 is 0. The van der Waals surface area contributed by atoms with Gasteiger partial charge < -0.3 is 10.0 Å². The second kappa shape index (κ2) is 6.81. The molecule has 0 radical (unpaired) electrons. The Morgan fingerprint density at radius 1 is 1.53 bits per heavy atom. The van der Waals surface area contributed by atoms with Gasteiger partial charge in [-0.2, -0.15) is 5.26 Å². The Kier molecular flexibility index (Phi) is 5.67. The second-order valence-corrected chi connectivity index (χ2v) is 4.53. The van der Waals surface area contributed by atoms with E-state index in [9.17, 15) is 5.11 Å². The Bertz CT molecular complexity index is 210. The lowest BCUT2D eigenvalue weighted by Crippen LogP contribution is -2.32. The molecule has 2 atom stereocenters. The number of unbranched alkanes of at least 4 members (excludes halogenated alkanes) is 2. The van der Waals surface area contributed by atoms with Crippen LogP contribution in [0.15, 0.2) is 0 Å². The van der Waals surface area contributed by atoms with Gasteiger partial charge in [0.05, 0.1) is 12.2 Å². The van der Waals surface area contributed by atoms with Crippen LogP contribution in [0.4, 0.5) is 0 Å². The Hall–Kier alpha value is -0.590. The topological polar surface area (TPSA) is 47.3 Å². The highest BCUT2D eigenvalue weighted by Crippen LogP contribution is 2.21. The maximum Gasteiger partial charge on any atom is 0.0621 e. The molecule has 1 aliphatic heterocycles. The van der Waals surface area contributed by atoms with Crippen LogP contribution < -0.4 is 0 Å². The first-order valence-electron chi connectivity index (χ1n) is 6.03. The number of aliphatic hydroxyl groups is 1. The van der Waals surface area contributed by atoms with Crippen molar-refractivity contribution < 1.29 is 5.11 Å². The fraction of sp³-hybridized carbons (Fsp3) is 0.917. The summed E-state index contributed by atoms with van der Waals surface area (Å²) in [6, 6.07) is 2.75. The molecule has 0 saturated carbocycles. The molecule has 1 saturated heterocycles. The lowest BCUT2D eigenvalue weighted by atomic mass is 10.1. The fourth-order valence-corrected chi connectivity index (χ4v) is 2.37. The zero-order chi connectivity index (χ0) is 11.1. The summed E-state index contributed by atoms with van der Waals surface area (Å²) in [4.78, 5) is 2.48. The van der Waals surface area contributed by atoms with Gasteiger partial charge in [0.25, 0.3) is 0 Å². The quantitative estimate of drug-likeness (QED) is 0.681. The normalized spacial score (nSPS) is 23.9. The third-order valence-corrected chi connectivity index (χ3v) is 3.10. The van der Waals surface area contributed by atoms with Crippen LogP contribution in [0.5, 0.6) is 0 Å². The molecular formula is C12H22N2O. The minimum atomic E-state index is -0.185. The number of hydrogen-bond donors (Lipinski definition) is 1. The summed E-state index contributed by atoms with van der Waals surface area (Å²) in [5, 5.41) is 17.8. The summed E-state index contributed by atoms with van der Waals surface area (Å²) in [5.74, 6) is 0. The average Bonchev–Trinajstić information content (AvgIpc) is 2.59. The molecule has 86 valence electrons. The maximum atomic E-state index is 9.37. The fourth-order valence-electron chi connectivity index (χ4n) is 2.37. The highest BCUT2D eigenvalue weighted by Gasteiger charge is 2.24. The van der Waals surface area contributed by atoms with Crippen LogP contribution in [0.3, 0.4) is 0 Å². The van der Waals surface area contributed by atoms with Crippen molar-refractivity contribution in [3.63, 3.8) is 0 Å². The van der Waals surface area contributed by atoms with Crippen LogP contribution in [0.2, 0.25) is 0 Å². The first-order chi connectivity index (χ1) is 7.24. The number of hydrogen-bond acceptors (Lipinski definition) is 3. The van der Waals surface area contributed by atoms with Gasteiger partial charge >= 0.3 is 0 Å². The van der Waals surface area contributed by atoms with Gasteiger partial charge in [-0.3, -0.25) is 0 Å². The lowest BCUT2D eigenvalue weighted by Gasteiger charge is -2.25. The molecule has 0 amide bonds. The van der Waals surface area contributed by atoms with E-state index in [0.717, 1.165) is 25.8 Å². The van der Waals surface area contributed by atoms with E-state index in [1.165, 1.54) is 19.4 Å². The zero-order valence-electron chi connectivity index (χ0n) is 9.65. The number of likely N-dealkylation sites (tertiary alicyclic amines) is 1. The van der Waals surface area contributed by atoms with Gasteiger partial charge in [-0.25, -0.2) is 0 Å². The highest BCUT2D eigenvalue weighted by molar-refractivity contribution is 4.80. The largest absolute Gasteiger partial charge is 0.393 e. The van der Waals surface area contributed by atoms with Crippen molar-refractivity contribution in [2.45, 2.75) is 57.6 Å². The van der Waals surface area contributed by atoms with Crippen molar-refractivity contribution in [2.75, 3.05) is 13.1 Å². The van der Waals surface area contributed by atoms with Gasteiger partial charge in [-0.05, 0) is 52.1 Å². The second-order valence-electron chi connectivity index (χ2n) is 4.53. The highest BCUT2D eigenvalue weighted by atomic mass is 16.3. The maximum absolute atomic E-state index is 9.37. The predicted octanol–water partition coefficient (Wildman–Crippen LogP) is 1.92. The van der Waals surface area contributed by atoms with Crippen molar-refractivity contribution >= 4 is 0 Å². The van der Waals surface area contributed by atoms with E-state index >= 15 is 0 Å². The van der Waals surface area contributed by atoms with E-state index in [4.69, 9.17) is 5.26 Å². The van der Waals surface area contributed by atoms with E-state index in [-0.39, 0.29) is 6.10 Å². The van der Waals surface area contributed by atoms with Crippen molar-refractivity contribution in [1.82, 2.24) is 4.90 Å². The number of nitrogens with zero attached hydrogens (tertiary/aromatic N) is 2. The van der Waals surface area contributed by atoms with Gasteiger partial charge in [0.15, 0.2) is 0 Å². The minimum absolute atomic E-state index is 0.185. The Morgan fingerprint density at radius 2 is 2.33 bits per heavy atom. The summed E-state index contributed by atoms with van der Waals surface area (Å²) < 4.78 is 0. The molecule has 1 N–H and O–H groups in total. The summed E-state index contributed by atoms with van der Waals surface area (Å²) in [6.07, 6.45) is 6.00. The molecule has 15 heavy (non-hydrogen) atoms. The van der Waals surface area contributed by atoms with Gasteiger partial charge in [0.2, 0.25) is 0 Å². The molecule has 3 heteroatoms. The van der Waals surface area contributed by atoms with E-state index < -0.39 is 0 Å². The summed E-state index contributed by atoms with van der Waals surface area (Å²) in [6.45, 7) is 4.13. The molecule has 0 aromatic heterocycles. The first kappa shape index (κ1) is 12.5. The molecule has 3 nitrogen and oxygen atoms in total. The summed E-state index contributed by atoms with van der Waals surface area (Å²) in [7, 11) is 0. The number of nitriles is 1. The van der Waals surface area contributed by atoms with E-state index in [2.05, 4.69) is 11.0 Å². The lowest BCUT2D eigenvalue weighted by molar-refractivity contribution is 0.133. The van der Waals surface area contributed by atoms with Crippen molar-refractivity contribution in [1.29, 1.82) is 5.26 Å². The molecule has 1 fully saturated rings. The third kappa shape index (κ3) is 4.63. The SMILES string of the molecule is CC(O)CC1CCCN1CCCCC#N. The minimum Gasteiger partial charge on any atom is -0.393 e. The van der Waals surface area contributed by atoms with Crippen molar-refractivity contribution in [2.24, 2.45) is 0 Å². The third-order valence-electron chi connectivity index (χ3n) is 3.10.